The van der Waals surface area contributed by atoms with Gasteiger partial charge in [-0.3, -0.25) is 5.10 Å². The molecule has 2 heterocycles. The monoisotopic (exact) mass is 243 g/mol. The second-order valence-electron chi connectivity index (χ2n) is 4.75. The molecular weight excluding hydrogens is 226 g/mol. The molecule has 0 saturated carbocycles. The second-order valence-corrected chi connectivity index (χ2v) is 4.75. The van der Waals surface area contributed by atoms with E-state index in [1.54, 1.807) is 7.11 Å². The second kappa shape index (κ2) is 4.46. The van der Waals surface area contributed by atoms with Crippen LogP contribution in [0.4, 0.5) is 0 Å². The number of aromatic amines is 1. The maximum Gasteiger partial charge on any atom is 0.119 e. The van der Waals surface area contributed by atoms with Gasteiger partial charge in [0.15, 0.2) is 0 Å². The number of nitrogens with zero attached hydrogens (tertiary/aromatic N) is 2. The molecule has 1 N–H and O–H groups in total. The average Bonchev–Trinajstić information content (AvgIpc) is 2.81. The number of methoxy groups -OCH3 is 1. The maximum absolute atomic E-state index is 5.27. The van der Waals surface area contributed by atoms with Gasteiger partial charge in [0.05, 0.1) is 12.8 Å². The van der Waals surface area contributed by atoms with Gasteiger partial charge < -0.3 is 9.64 Å². The Morgan fingerprint density at radius 1 is 1.39 bits per heavy atom. The molecule has 0 saturated heterocycles. The lowest BCUT2D eigenvalue weighted by molar-refractivity contribution is 0.312. The molecule has 4 heteroatoms. The van der Waals surface area contributed by atoms with Crippen LogP contribution in [0.3, 0.4) is 0 Å². The molecule has 0 amide bonds. The third kappa shape index (κ3) is 1.88. The number of rotatable bonds is 2. The lowest BCUT2D eigenvalue weighted by Gasteiger charge is -2.22. The van der Waals surface area contributed by atoms with Gasteiger partial charge in [-0.25, -0.2) is 0 Å². The zero-order valence-corrected chi connectivity index (χ0v) is 10.7. The van der Waals surface area contributed by atoms with E-state index in [-0.39, 0.29) is 0 Å². The first-order valence-corrected chi connectivity index (χ1v) is 6.17. The smallest absolute Gasteiger partial charge is 0.119 e. The van der Waals surface area contributed by atoms with Crippen molar-refractivity contribution in [2.75, 3.05) is 20.7 Å². The van der Waals surface area contributed by atoms with Crippen LogP contribution in [0.25, 0.3) is 11.3 Å². The quantitative estimate of drug-likeness (QED) is 0.878. The normalized spacial score (nSPS) is 15.4. The molecule has 0 radical (unpaired) electrons. The minimum absolute atomic E-state index is 0.869. The predicted octanol–water partition coefficient (Wildman–Crippen LogP) is 2.07. The van der Waals surface area contributed by atoms with Crippen molar-refractivity contribution >= 4 is 0 Å². The Labute approximate surface area is 107 Å². The molecule has 0 unspecified atom stereocenters. The topological polar surface area (TPSA) is 41.1 Å². The molecule has 1 aromatic heterocycles. The van der Waals surface area contributed by atoms with Crippen molar-refractivity contribution in [3.8, 4) is 17.0 Å². The fraction of sp³-hybridized carbons (Fsp3) is 0.357. The van der Waals surface area contributed by atoms with Crippen molar-refractivity contribution in [1.29, 1.82) is 0 Å². The maximum atomic E-state index is 5.27. The summed E-state index contributed by atoms with van der Waals surface area (Å²) in [4.78, 5) is 2.32. The molecule has 0 spiro atoms. The van der Waals surface area contributed by atoms with Crippen molar-refractivity contribution in [2.45, 2.75) is 13.0 Å². The number of hydrogen-bond donors (Lipinski definition) is 1. The van der Waals surface area contributed by atoms with E-state index in [2.05, 4.69) is 28.2 Å². The van der Waals surface area contributed by atoms with E-state index in [1.807, 2.05) is 18.2 Å². The summed E-state index contributed by atoms with van der Waals surface area (Å²) in [6.07, 6.45) is 1.04. The summed E-state index contributed by atoms with van der Waals surface area (Å²) in [5.41, 5.74) is 4.75. The number of benzene rings is 1. The molecule has 0 atom stereocenters. The molecule has 1 aromatic carbocycles. The van der Waals surface area contributed by atoms with Gasteiger partial charge in [-0.05, 0) is 19.2 Å². The van der Waals surface area contributed by atoms with Crippen molar-refractivity contribution in [3.05, 3.63) is 35.5 Å². The third-order valence-electron chi connectivity index (χ3n) is 3.47. The minimum Gasteiger partial charge on any atom is -0.497 e. The number of aromatic nitrogens is 2. The summed E-state index contributed by atoms with van der Waals surface area (Å²) < 4.78 is 5.27. The molecule has 1 aliphatic heterocycles. The van der Waals surface area contributed by atoms with Crippen LogP contribution in [0.5, 0.6) is 5.75 Å². The lowest BCUT2D eigenvalue weighted by Crippen LogP contribution is -2.26. The van der Waals surface area contributed by atoms with Gasteiger partial charge in [-0.15, -0.1) is 0 Å². The van der Waals surface area contributed by atoms with E-state index in [4.69, 9.17) is 4.74 Å². The lowest BCUT2D eigenvalue weighted by atomic mass is 10.0. The van der Waals surface area contributed by atoms with Gasteiger partial charge in [-0.1, -0.05) is 12.1 Å². The van der Waals surface area contributed by atoms with Crippen LogP contribution in [0.2, 0.25) is 0 Å². The van der Waals surface area contributed by atoms with Gasteiger partial charge in [0.1, 0.15) is 5.75 Å². The van der Waals surface area contributed by atoms with Gasteiger partial charge in [-0.2, -0.15) is 5.10 Å². The Hall–Kier alpha value is -1.81. The predicted molar refractivity (Wildman–Crippen MR) is 70.6 cm³/mol. The Balaban J connectivity index is 2.04. The first-order chi connectivity index (χ1) is 8.78. The van der Waals surface area contributed by atoms with Crippen LogP contribution in [0.15, 0.2) is 24.3 Å². The van der Waals surface area contributed by atoms with E-state index >= 15 is 0 Å². The van der Waals surface area contributed by atoms with Crippen molar-refractivity contribution < 1.29 is 4.74 Å². The molecule has 3 rings (SSSR count). The van der Waals surface area contributed by atoms with Crippen LogP contribution in [-0.2, 0) is 13.0 Å². The Morgan fingerprint density at radius 3 is 3.11 bits per heavy atom. The largest absolute Gasteiger partial charge is 0.497 e. The van der Waals surface area contributed by atoms with E-state index in [1.165, 1.54) is 11.3 Å². The van der Waals surface area contributed by atoms with Crippen LogP contribution in [-0.4, -0.2) is 35.8 Å². The first kappa shape index (κ1) is 11.3. The van der Waals surface area contributed by atoms with Crippen molar-refractivity contribution in [2.24, 2.45) is 0 Å². The highest BCUT2D eigenvalue weighted by molar-refractivity contribution is 5.65. The first-order valence-electron chi connectivity index (χ1n) is 6.17. The van der Waals surface area contributed by atoms with Gasteiger partial charge in [0.2, 0.25) is 0 Å². The van der Waals surface area contributed by atoms with E-state index in [9.17, 15) is 0 Å². The van der Waals surface area contributed by atoms with Gasteiger partial charge in [0.25, 0.3) is 0 Å². The summed E-state index contributed by atoms with van der Waals surface area (Å²) in [6.45, 7) is 2.05. The average molecular weight is 243 g/mol. The summed E-state index contributed by atoms with van der Waals surface area (Å²) in [6, 6.07) is 8.06. The van der Waals surface area contributed by atoms with Gasteiger partial charge in [0, 0.05) is 36.3 Å². The Morgan fingerprint density at radius 2 is 2.28 bits per heavy atom. The van der Waals surface area contributed by atoms with Crippen LogP contribution in [0.1, 0.15) is 11.3 Å². The molecule has 1 aliphatic rings. The molecular formula is C14H17N3O. The van der Waals surface area contributed by atoms with E-state index in [0.29, 0.717) is 0 Å². The SMILES string of the molecule is COc1cccc(-c2n[nH]c3c2CN(C)CC3)c1. The molecule has 0 aliphatic carbocycles. The molecule has 0 bridgehead atoms. The zero-order chi connectivity index (χ0) is 12.5. The molecule has 2 aromatic rings. The number of fused-ring (bicyclic) bond motifs is 1. The number of ether oxygens (including phenoxy) is 1. The molecule has 18 heavy (non-hydrogen) atoms. The van der Waals surface area contributed by atoms with E-state index < -0.39 is 0 Å². The molecule has 0 fully saturated rings. The van der Waals surface area contributed by atoms with Crippen molar-refractivity contribution in [1.82, 2.24) is 15.1 Å². The van der Waals surface area contributed by atoms with Crippen molar-refractivity contribution in [3.63, 3.8) is 0 Å². The number of nitrogens with one attached hydrogen (secondary N) is 1. The summed E-state index contributed by atoms with van der Waals surface area (Å²) >= 11 is 0. The summed E-state index contributed by atoms with van der Waals surface area (Å²) in [5, 5.41) is 7.64. The highest BCUT2D eigenvalue weighted by atomic mass is 16.5. The summed E-state index contributed by atoms with van der Waals surface area (Å²) in [5.74, 6) is 0.869. The third-order valence-corrected chi connectivity index (χ3v) is 3.47. The number of likely N-dealkylation sites (N-methyl/N-ethyl adjacent to an activating group) is 1. The molecule has 4 nitrogen and oxygen atoms in total. The van der Waals surface area contributed by atoms with Crippen LogP contribution < -0.4 is 4.74 Å². The zero-order valence-electron chi connectivity index (χ0n) is 10.7. The standard InChI is InChI=1S/C14H17N3O/c1-17-7-6-13-12(9-17)14(16-15-13)10-4-3-5-11(8-10)18-2/h3-5,8H,6-7,9H2,1-2H3,(H,15,16). The molecule has 94 valence electrons. The minimum atomic E-state index is 0.869. The summed E-state index contributed by atoms with van der Waals surface area (Å²) in [7, 11) is 3.83. The Bertz CT molecular complexity index is 562. The highest BCUT2D eigenvalue weighted by Crippen LogP contribution is 2.29. The van der Waals surface area contributed by atoms with Gasteiger partial charge >= 0.3 is 0 Å². The number of H-pyrrole nitrogens is 1. The number of hydrogen-bond acceptors (Lipinski definition) is 3. The fourth-order valence-corrected chi connectivity index (χ4v) is 2.44. The Kier molecular flexibility index (Phi) is 2.80. The van der Waals surface area contributed by atoms with Crippen LogP contribution in [0, 0.1) is 0 Å². The highest BCUT2D eigenvalue weighted by Gasteiger charge is 2.20. The fourth-order valence-electron chi connectivity index (χ4n) is 2.44. The van der Waals surface area contributed by atoms with E-state index in [0.717, 1.165) is 36.5 Å². The van der Waals surface area contributed by atoms with Crippen LogP contribution >= 0.6 is 0 Å².